The minimum Gasteiger partial charge on any atom is -0.478 e. The van der Waals surface area contributed by atoms with Gasteiger partial charge < -0.3 is 10.4 Å². The Morgan fingerprint density at radius 1 is 1.10 bits per heavy atom. The number of hydrogen-bond acceptors (Lipinski definition) is 2. The molecule has 0 aliphatic rings. The summed E-state index contributed by atoms with van der Waals surface area (Å²) < 4.78 is 62.0. The number of aryl methyl sites for hydroxylation is 2. The van der Waals surface area contributed by atoms with Gasteiger partial charge in [0.25, 0.3) is 0 Å². The molecule has 0 aliphatic carbocycles. The molecule has 0 unspecified atom stereocenters. The first-order valence-corrected chi connectivity index (χ1v) is 5.48. The third-order valence-corrected chi connectivity index (χ3v) is 2.59. The minimum atomic E-state index is -6.07. The lowest BCUT2D eigenvalue weighted by Crippen LogP contribution is -2.47. The zero-order chi connectivity index (χ0) is 16.6. The number of anilines is 1. The molecule has 1 aromatic rings. The zero-order valence-electron chi connectivity index (χ0n) is 10.8. The summed E-state index contributed by atoms with van der Waals surface area (Å²) in [4.78, 5) is 22.1. The fraction of sp³-hybridized carbons (Fsp3) is 0.333. The van der Waals surface area contributed by atoms with Crippen LogP contribution in [0.15, 0.2) is 12.1 Å². The number of alkyl halides is 5. The Morgan fingerprint density at radius 3 is 2.05 bits per heavy atom. The molecule has 0 aromatic heterocycles. The van der Waals surface area contributed by atoms with Crippen LogP contribution in [0.25, 0.3) is 0 Å². The smallest absolute Gasteiger partial charge is 0.463 e. The Hall–Kier alpha value is -2.19. The molecule has 0 atom stereocenters. The molecule has 1 amide bonds. The molecule has 1 aromatic carbocycles. The number of carbonyl (C=O) groups excluding carboxylic acids is 1. The average molecular weight is 311 g/mol. The number of amides is 1. The average Bonchev–Trinajstić information content (AvgIpc) is 2.30. The van der Waals surface area contributed by atoms with E-state index in [0.29, 0.717) is 5.56 Å². The summed E-state index contributed by atoms with van der Waals surface area (Å²) in [6.45, 7) is 2.79. The van der Waals surface area contributed by atoms with E-state index < -0.39 is 35.2 Å². The lowest BCUT2D eigenvalue weighted by molar-refractivity contribution is -0.267. The van der Waals surface area contributed by atoms with Crippen LogP contribution in [0.4, 0.5) is 27.6 Å². The standard InChI is InChI=1S/C12H10F5NO3/c1-5-3-6(2)8(7(4-5)9(19)20)18-10(21)11(13,14)12(15,16)17/h3-4H,1-2H3,(H,18,21)(H,19,20). The van der Waals surface area contributed by atoms with E-state index in [1.165, 1.54) is 25.2 Å². The quantitative estimate of drug-likeness (QED) is 0.843. The first-order chi connectivity index (χ1) is 9.37. The second-order valence-electron chi connectivity index (χ2n) is 4.34. The van der Waals surface area contributed by atoms with E-state index in [4.69, 9.17) is 5.11 Å². The molecule has 0 heterocycles. The van der Waals surface area contributed by atoms with Gasteiger partial charge in [-0.3, -0.25) is 4.79 Å². The van der Waals surface area contributed by atoms with Crippen LogP contribution in [0.3, 0.4) is 0 Å². The van der Waals surface area contributed by atoms with E-state index in [-0.39, 0.29) is 5.56 Å². The van der Waals surface area contributed by atoms with Crippen molar-refractivity contribution in [1.29, 1.82) is 0 Å². The highest BCUT2D eigenvalue weighted by Gasteiger charge is 2.63. The molecule has 1 rings (SSSR count). The largest absolute Gasteiger partial charge is 0.478 e. The van der Waals surface area contributed by atoms with Gasteiger partial charge in [0.05, 0.1) is 11.3 Å². The molecule has 0 aliphatic heterocycles. The number of halogens is 5. The molecule has 21 heavy (non-hydrogen) atoms. The summed E-state index contributed by atoms with van der Waals surface area (Å²) in [5, 5.41) is 10.3. The van der Waals surface area contributed by atoms with Crippen molar-refractivity contribution in [3.8, 4) is 0 Å². The van der Waals surface area contributed by atoms with Gasteiger partial charge in [0.2, 0.25) is 0 Å². The van der Waals surface area contributed by atoms with Crippen molar-refractivity contribution in [1.82, 2.24) is 0 Å². The molecule has 0 saturated heterocycles. The minimum absolute atomic E-state index is 0.0544. The molecule has 0 spiro atoms. The Balaban J connectivity index is 3.26. The Morgan fingerprint density at radius 2 is 1.62 bits per heavy atom. The number of nitrogens with one attached hydrogen (secondary N) is 1. The second-order valence-corrected chi connectivity index (χ2v) is 4.34. The monoisotopic (exact) mass is 311 g/mol. The number of benzene rings is 1. The van der Waals surface area contributed by atoms with Crippen LogP contribution >= 0.6 is 0 Å². The topological polar surface area (TPSA) is 66.4 Å². The number of hydrogen-bond donors (Lipinski definition) is 2. The molecular weight excluding hydrogens is 301 g/mol. The van der Waals surface area contributed by atoms with Crippen molar-refractivity contribution >= 4 is 17.6 Å². The van der Waals surface area contributed by atoms with E-state index in [0.717, 1.165) is 6.07 Å². The maximum absolute atomic E-state index is 12.9. The predicted molar refractivity (Wildman–Crippen MR) is 62.5 cm³/mol. The molecule has 0 radical (unpaired) electrons. The summed E-state index contributed by atoms with van der Waals surface area (Å²) in [6.07, 6.45) is -6.07. The molecule has 116 valence electrons. The molecular formula is C12H10F5NO3. The zero-order valence-corrected chi connectivity index (χ0v) is 10.8. The summed E-state index contributed by atoms with van der Waals surface area (Å²) >= 11 is 0. The number of rotatable bonds is 3. The number of carboxylic acids is 1. The van der Waals surface area contributed by atoms with Gasteiger partial charge in [0.1, 0.15) is 0 Å². The van der Waals surface area contributed by atoms with Crippen LogP contribution in [0, 0.1) is 13.8 Å². The van der Waals surface area contributed by atoms with Gasteiger partial charge in [-0.25, -0.2) is 4.79 Å². The molecule has 0 saturated carbocycles. The summed E-state index contributed by atoms with van der Waals surface area (Å²) in [5.41, 5.74) is -0.662. The summed E-state index contributed by atoms with van der Waals surface area (Å²) in [6, 6.07) is 2.39. The molecule has 0 bridgehead atoms. The summed E-state index contributed by atoms with van der Waals surface area (Å²) in [7, 11) is 0. The molecule has 2 N–H and O–H groups in total. The van der Waals surface area contributed by atoms with Gasteiger partial charge in [-0.2, -0.15) is 22.0 Å². The molecule has 9 heteroatoms. The Kier molecular flexibility index (Phi) is 4.26. The maximum atomic E-state index is 12.9. The van der Waals surface area contributed by atoms with Gasteiger partial charge in [-0.05, 0) is 31.0 Å². The Bertz CT molecular complexity index is 595. The van der Waals surface area contributed by atoms with Gasteiger partial charge in [0.15, 0.2) is 0 Å². The van der Waals surface area contributed by atoms with Crippen molar-refractivity contribution < 1.29 is 36.6 Å². The van der Waals surface area contributed by atoms with Crippen molar-refractivity contribution in [3.63, 3.8) is 0 Å². The van der Waals surface area contributed by atoms with E-state index in [2.05, 4.69) is 0 Å². The first kappa shape index (κ1) is 16.9. The van der Waals surface area contributed by atoms with Gasteiger partial charge in [-0.1, -0.05) is 6.07 Å². The second kappa shape index (κ2) is 5.30. The van der Waals surface area contributed by atoms with Gasteiger partial charge in [0, 0.05) is 0 Å². The van der Waals surface area contributed by atoms with Crippen LogP contribution in [-0.2, 0) is 4.79 Å². The highest BCUT2D eigenvalue weighted by Crippen LogP contribution is 2.37. The van der Waals surface area contributed by atoms with Crippen LogP contribution in [0.2, 0.25) is 0 Å². The third kappa shape index (κ3) is 3.29. The van der Waals surface area contributed by atoms with E-state index in [1.807, 2.05) is 0 Å². The highest BCUT2D eigenvalue weighted by molar-refractivity contribution is 6.04. The Labute approximate surface area is 115 Å². The predicted octanol–water partition coefficient (Wildman–Crippen LogP) is 3.14. The lowest BCUT2D eigenvalue weighted by atomic mass is 10.0. The van der Waals surface area contributed by atoms with Crippen molar-refractivity contribution in [2.45, 2.75) is 25.9 Å². The maximum Gasteiger partial charge on any atom is 0.463 e. The van der Waals surface area contributed by atoms with Crippen molar-refractivity contribution in [2.75, 3.05) is 5.32 Å². The SMILES string of the molecule is Cc1cc(C)c(NC(=O)C(F)(F)C(F)(F)F)c(C(=O)O)c1. The van der Waals surface area contributed by atoms with Crippen LogP contribution in [-0.4, -0.2) is 29.1 Å². The van der Waals surface area contributed by atoms with Crippen LogP contribution < -0.4 is 5.32 Å². The van der Waals surface area contributed by atoms with E-state index in [9.17, 15) is 31.5 Å². The van der Waals surface area contributed by atoms with E-state index >= 15 is 0 Å². The van der Waals surface area contributed by atoms with Gasteiger partial charge >= 0.3 is 24.0 Å². The molecule has 4 nitrogen and oxygen atoms in total. The number of carbonyl (C=O) groups is 2. The van der Waals surface area contributed by atoms with Crippen LogP contribution in [0.5, 0.6) is 0 Å². The lowest BCUT2D eigenvalue weighted by Gasteiger charge is -2.20. The fourth-order valence-electron chi connectivity index (χ4n) is 1.62. The number of carboxylic acid groups (broad SMARTS) is 1. The van der Waals surface area contributed by atoms with Gasteiger partial charge in [-0.15, -0.1) is 0 Å². The molecule has 0 fully saturated rings. The summed E-state index contributed by atoms with van der Waals surface area (Å²) in [5.74, 6) is -9.82. The number of aromatic carboxylic acids is 1. The fourth-order valence-corrected chi connectivity index (χ4v) is 1.62. The van der Waals surface area contributed by atoms with Crippen LogP contribution in [0.1, 0.15) is 21.5 Å². The first-order valence-electron chi connectivity index (χ1n) is 5.48. The normalized spacial score (nSPS) is 12.1. The van der Waals surface area contributed by atoms with Crippen molar-refractivity contribution in [2.24, 2.45) is 0 Å². The third-order valence-electron chi connectivity index (χ3n) is 2.59. The van der Waals surface area contributed by atoms with Crippen molar-refractivity contribution in [3.05, 3.63) is 28.8 Å². The highest BCUT2D eigenvalue weighted by atomic mass is 19.4. The van der Waals surface area contributed by atoms with E-state index in [1.54, 1.807) is 0 Å².